The maximum atomic E-state index is 13.8. The maximum Gasteiger partial charge on any atom is 0.387 e. The Morgan fingerprint density at radius 2 is 1.81 bits per heavy atom. The summed E-state index contributed by atoms with van der Waals surface area (Å²) in [6, 6.07) is 8.33. The molecule has 1 amide bonds. The highest BCUT2D eigenvalue weighted by Crippen LogP contribution is 2.39. The van der Waals surface area contributed by atoms with E-state index < -0.39 is 40.7 Å². The number of amides is 1. The fourth-order valence-electron chi connectivity index (χ4n) is 4.91. The number of rotatable bonds is 13. The third kappa shape index (κ3) is 8.43. The maximum absolute atomic E-state index is 13.8. The third-order valence-electron chi connectivity index (χ3n) is 7.64. The Kier molecular flexibility index (Phi) is 11.2. The minimum absolute atomic E-state index is 0.00353. The third-order valence-corrected chi connectivity index (χ3v) is 11.3. The molecule has 48 heavy (non-hydrogen) atoms. The van der Waals surface area contributed by atoms with Crippen molar-refractivity contribution in [2.45, 2.75) is 42.9 Å². The van der Waals surface area contributed by atoms with Gasteiger partial charge in [-0.2, -0.15) is 17.8 Å². The average molecular weight is 747 g/mol. The second-order valence-electron chi connectivity index (χ2n) is 11.4. The molecule has 1 saturated carbocycles. The smallest absolute Gasteiger partial charge is 0.387 e. The second kappa shape index (κ2) is 15.0. The Labute approximate surface area is 290 Å². The van der Waals surface area contributed by atoms with Crippen LogP contribution in [0, 0.1) is 11.1 Å². The first-order valence-electron chi connectivity index (χ1n) is 14.6. The van der Waals surface area contributed by atoms with Gasteiger partial charge in [0.05, 0.1) is 17.4 Å². The van der Waals surface area contributed by atoms with Gasteiger partial charge in [0, 0.05) is 37.4 Å². The summed E-state index contributed by atoms with van der Waals surface area (Å²) in [5.74, 6) is -1.23. The molecule has 0 N–H and O–H groups in total. The van der Waals surface area contributed by atoms with Crippen molar-refractivity contribution in [2.24, 2.45) is 5.92 Å². The molecular formula is C31H31Cl2F2N3O8S2. The van der Waals surface area contributed by atoms with Crippen LogP contribution in [0.1, 0.15) is 40.4 Å². The quantitative estimate of drug-likeness (QED) is 0.130. The number of nitrogens with zero attached hydrogens (tertiary/aromatic N) is 3. The van der Waals surface area contributed by atoms with E-state index in [1.807, 2.05) is 0 Å². The molecule has 2 heterocycles. The van der Waals surface area contributed by atoms with Gasteiger partial charge in [-0.15, -0.1) is 11.8 Å². The number of aromatic nitrogens is 1. The molecule has 258 valence electrons. The highest BCUT2D eigenvalue weighted by atomic mass is 35.5. The van der Waals surface area contributed by atoms with Crippen molar-refractivity contribution in [3.63, 3.8) is 0 Å². The molecule has 1 aromatic heterocycles. The van der Waals surface area contributed by atoms with Crippen LogP contribution in [-0.2, 0) is 26.0 Å². The van der Waals surface area contributed by atoms with Crippen molar-refractivity contribution in [2.75, 3.05) is 32.3 Å². The normalized spacial score (nSPS) is 17.3. The number of sulfonamides is 1. The number of halogens is 4. The molecule has 17 heteroatoms. The van der Waals surface area contributed by atoms with Gasteiger partial charge in [-0.1, -0.05) is 35.3 Å². The molecule has 2 aliphatic rings. The first-order valence-corrected chi connectivity index (χ1v) is 18.0. The number of hydrogen-bond acceptors (Lipinski definition) is 9. The minimum atomic E-state index is -4.27. The van der Waals surface area contributed by atoms with E-state index in [2.05, 4.69) is 4.74 Å². The van der Waals surface area contributed by atoms with E-state index in [1.165, 1.54) is 59.1 Å². The van der Waals surface area contributed by atoms with E-state index in [4.69, 9.17) is 32.7 Å². The highest BCUT2D eigenvalue weighted by Gasteiger charge is 2.42. The Hall–Kier alpha value is -3.37. The van der Waals surface area contributed by atoms with Crippen molar-refractivity contribution in [1.29, 1.82) is 0 Å². The summed E-state index contributed by atoms with van der Waals surface area (Å²) in [6.07, 6.45) is 2.67. The van der Waals surface area contributed by atoms with Crippen LogP contribution in [0.15, 0.2) is 59.8 Å². The molecule has 2 atom stereocenters. The molecule has 1 aliphatic carbocycles. The predicted octanol–water partition coefficient (Wildman–Crippen LogP) is 5.31. The number of thioether (sulfide) groups is 1. The molecule has 1 aliphatic heterocycles. The van der Waals surface area contributed by atoms with Crippen LogP contribution in [0.2, 0.25) is 10.0 Å². The van der Waals surface area contributed by atoms with Gasteiger partial charge in [0.15, 0.2) is 23.9 Å². The summed E-state index contributed by atoms with van der Waals surface area (Å²) in [7, 11) is -1.19. The molecule has 11 nitrogen and oxygen atoms in total. The van der Waals surface area contributed by atoms with Gasteiger partial charge in [0.2, 0.25) is 10.0 Å². The van der Waals surface area contributed by atoms with Crippen LogP contribution < -0.4 is 14.2 Å². The molecule has 2 fully saturated rings. The van der Waals surface area contributed by atoms with Gasteiger partial charge in [0.1, 0.15) is 22.2 Å². The molecule has 0 bridgehead atoms. The lowest BCUT2D eigenvalue weighted by Gasteiger charge is -2.26. The van der Waals surface area contributed by atoms with Gasteiger partial charge >= 0.3 is 12.6 Å². The van der Waals surface area contributed by atoms with Crippen LogP contribution in [0.4, 0.5) is 8.78 Å². The summed E-state index contributed by atoms with van der Waals surface area (Å²) in [6.45, 7) is -2.86. The van der Waals surface area contributed by atoms with Crippen molar-refractivity contribution in [3.05, 3.63) is 86.8 Å². The van der Waals surface area contributed by atoms with Crippen LogP contribution in [0.3, 0.4) is 0 Å². The Morgan fingerprint density at radius 1 is 1.10 bits per heavy atom. The van der Waals surface area contributed by atoms with Crippen LogP contribution in [-0.4, -0.2) is 74.5 Å². The Balaban J connectivity index is 1.47. The highest BCUT2D eigenvalue weighted by molar-refractivity contribution is 8.00. The van der Waals surface area contributed by atoms with Crippen molar-refractivity contribution in [1.82, 2.24) is 9.21 Å². The number of ether oxygens (including phenoxy) is 3. The molecular weight excluding hydrogens is 715 g/mol. The molecule has 0 spiro atoms. The van der Waals surface area contributed by atoms with E-state index in [9.17, 15) is 32.0 Å². The van der Waals surface area contributed by atoms with Crippen LogP contribution in [0.5, 0.6) is 11.5 Å². The van der Waals surface area contributed by atoms with Crippen molar-refractivity contribution < 1.29 is 45.7 Å². The lowest BCUT2D eigenvalue weighted by atomic mass is 10.0. The zero-order valence-electron chi connectivity index (χ0n) is 25.7. The zero-order valence-corrected chi connectivity index (χ0v) is 28.8. The van der Waals surface area contributed by atoms with E-state index in [-0.39, 0.29) is 73.7 Å². The molecule has 2 unspecified atom stereocenters. The van der Waals surface area contributed by atoms with E-state index in [1.54, 1.807) is 14.1 Å². The average Bonchev–Trinajstić information content (AvgIpc) is 3.72. The number of esters is 1. The molecule has 2 aromatic carbocycles. The number of carbonyl (C=O) groups is 2. The summed E-state index contributed by atoms with van der Waals surface area (Å²) in [4.78, 5) is 27.5. The molecule has 5 rings (SSSR count). The van der Waals surface area contributed by atoms with Gasteiger partial charge in [0.25, 0.3) is 5.91 Å². The summed E-state index contributed by atoms with van der Waals surface area (Å²) >= 11 is 13.9. The largest absolute Gasteiger partial charge is 0.619 e. The lowest BCUT2D eigenvalue weighted by Crippen LogP contribution is -2.43. The molecule has 3 aromatic rings. The predicted molar refractivity (Wildman–Crippen MR) is 174 cm³/mol. The van der Waals surface area contributed by atoms with Gasteiger partial charge < -0.3 is 24.3 Å². The topological polar surface area (TPSA) is 129 Å². The number of benzene rings is 2. The zero-order chi connectivity index (χ0) is 34.7. The van der Waals surface area contributed by atoms with Gasteiger partial charge in [-0.05, 0) is 54.7 Å². The summed E-state index contributed by atoms with van der Waals surface area (Å²) in [5.41, 5.74) is 0.697. The summed E-state index contributed by atoms with van der Waals surface area (Å²) < 4.78 is 71.8. The van der Waals surface area contributed by atoms with Gasteiger partial charge in [-0.25, -0.2) is 8.42 Å². The van der Waals surface area contributed by atoms with Crippen LogP contribution >= 0.6 is 35.0 Å². The molecule has 0 radical (unpaired) electrons. The minimum Gasteiger partial charge on any atom is -0.619 e. The SMILES string of the molecule is CN(C)C(=O)c1cccc(S(=O)(=O)N2CSCC2C(=O)OC(Cc2c(Cl)c[n+]([O-])cc2Cl)c2ccc(OC(F)F)c(OCC3CC3)c2)c1. The van der Waals surface area contributed by atoms with Crippen molar-refractivity contribution >= 4 is 56.9 Å². The first kappa shape index (κ1) is 35.9. The summed E-state index contributed by atoms with van der Waals surface area (Å²) in [5, 5.41) is 11.9. The monoisotopic (exact) mass is 745 g/mol. The number of alkyl halides is 2. The van der Waals surface area contributed by atoms with E-state index >= 15 is 0 Å². The fraction of sp³-hybridized carbons (Fsp3) is 0.387. The number of carbonyl (C=O) groups excluding carboxylic acids is 2. The fourth-order valence-corrected chi connectivity index (χ4v) is 8.68. The lowest BCUT2D eigenvalue weighted by molar-refractivity contribution is -0.605. The van der Waals surface area contributed by atoms with Gasteiger partial charge in [-0.3, -0.25) is 9.59 Å². The number of pyridine rings is 1. The standard InChI is InChI=1S/C31H31Cl2F2N3O8S2/c1-36(2)29(39)20-4-3-5-21(10-20)48(42,43)38-17-47-16-25(38)30(40)45-27(12-22-23(32)13-37(41)14-24(22)33)19-8-9-26(46-31(34)35)28(11-19)44-15-18-6-7-18/h3-5,8-11,13-14,18,25,27,31H,6-7,12,15-17H2,1-2H3. The Bertz CT molecular complexity index is 1770. The molecule has 1 saturated heterocycles. The first-order chi connectivity index (χ1) is 22.7. The van der Waals surface area contributed by atoms with E-state index in [0.717, 1.165) is 29.5 Å². The van der Waals surface area contributed by atoms with Crippen molar-refractivity contribution in [3.8, 4) is 11.5 Å². The van der Waals surface area contributed by atoms with Crippen LogP contribution in [0.25, 0.3) is 0 Å². The number of hydrogen-bond donors (Lipinski definition) is 0. The van der Waals surface area contributed by atoms with E-state index in [0.29, 0.717) is 4.73 Å². The second-order valence-corrected chi connectivity index (χ2v) is 15.1. The Morgan fingerprint density at radius 3 is 2.46 bits per heavy atom.